The molecule has 174 valence electrons. The molecule has 2 N–H and O–H groups in total. The molecule has 1 aromatic heterocycles. The molecule has 0 bridgehead atoms. The maximum Gasteiger partial charge on any atom is 0.407 e. The molecule has 2 aromatic carbocycles. The van der Waals surface area contributed by atoms with E-state index >= 15 is 0 Å². The molecular weight excluding hydrogens is 414 g/mol. The number of nitrogens with zero attached hydrogens (tertiary/aromatic N) is 1. The summed E-state index contributed by atoms with van der Waals surface area (Å²) in [4.78, 5) is 29.6. The predicted molar refractivity (Wildman–Crippen MR) is 132 cm³/mol. The summed E-state index contributed by atoms with van der Waals surface area (Å²) in [5.41, 5.74) is 2.17. The lowest BCUT2D eigenvalue weighted by atomic mass is 9.95. The molecule has 0 saturated carbocycles. The van der Waals surface area contributed by atoms with Crippen molar-refractivity contribution in [1.29, 1.82) is 0 Å². The fraction of sp³-hybridized carbons (Fsp3) is 0.370. The third-order valence-corrected chi connectivity index (χ3v) is 5.28. The van der Waals surface area contributed by atoms with E-state index in [1.54, 1.807) is 33.2 Å². The molecule has 6 nitrogen and oxygen atoms in total. The first-order chi connectivity index (χ1) is 15.7. The molecule has 0 spiro atoms. The second-order valence-electron chi connectivity index (χ2n) is 9.21. The largest absolute Gasteiger partial charge is 0.444 e. The maximum atomic E-state index is 13.3. The first-order valence-electron chi connectivity index (χ1n) is 11.5. The summed E-state index contributed by atoms with van der Waals surface area (Å²) >= 11 is 0. The van der Waals surface area contributed by atoms with Gasteiger partial charge in [-0.1, -0.05) is 43.7 Å². The number of unbranched alkanes of at least 4 members (excludes halogenated alkanes) is 1. The summed E-state index contributed by atoms with van der Waals surface area (Å²) < 4.78 is 5.35. The number of nitrogens with one attached hydrogen (secondary N) is 2. The van der Waals surface area contributed by atoms with Gasteiger partial charge in [0.15, 0.2) is 0 Å². The van der Waals surface area contributed by atoms with Crippen molar-refractivity contribution < 1.29 is 14.3 Å². The van der Waals surface area contributed by atoms with Crippen molar-refractivity contribution in [3.05, 3.63) is 72.1 Å². The maximum absolute atomic E-state index is 13.3. The van der Waals surface area contributed by atoms with Crippen LogP contribution >= 0.6 is 0 Å². The lowest BCUT2D eigenvalue weighted by Crippen LogP contribution is -2.37. The second kappa shape index (κ2) is 10.9. The van der Waals surface area contributed by atoms with Crippen LogP contribution in [0.4, 0.5) is 10.5 Å². The minimum atomic E-state index is -0.608. The average Bonchev–Trinajstić information content (AvgIpc) is 2.77. The van der Waals surface area contributed by atoms with Crippen LogP contribution in [0, 0.1) is 0 Å². The van der Waals surface area contributed by atoms with Crippen molar-refractivity contribution >= 4 is 28.5 Å². The number of carbonyl (C=O) groups is 2. The Balaban J connectivity index is 1.78. The lowest BCUT2D eigenvalue weighted by molar-refractivity contribution is -0.117. The van der Waals surface area contributed by atoms with Crippen LogP contribution in [0.25, 0.3) is 10.8 Å². The third-order valence-electron chi connectivity index (χ3n) is 5.28. The number of hydrogen-bond acceptors (Lipinski definition) is 4. The number of pyridine rings is 1. The first kappa shape index (κ1) is 24.2. The second-order valence-corrected chi connectivity index (χ2v) is 9.21. The Labute approximate surface area is 195 Å². The van der Waals surface area contributed by atoms with Crippen molar-refractivity contribution in [3.8, 4) is 0 Å². The molecule has 6 heteroatoms. The van der Waals surface area contributed by atoms with E-state index in [2.05, 4.69) is 34.7 Å². The Kier molecular flexibility index (Phi) is 8.04. The quantitative estimate of drug-likeness (QED) is 0.456. The number of rotatable bonds is 8. The van der Waals surface area contributed by atoms with Crippen molar-refractivity contribution in [2.24, 2.45) is 0 Å². The van der Waals surface area contributed by atoms with Crippen molar-refractivity contribution in [2.45, 2.75) is 58.5 Å². The summed E-state index contributed by atoms with van der Waals surface area (Å²) in [7, 11) is 0. The fourth-order valence-corrected chi connectivity index (χ4v) is 3.55. The van der Waals surface area contributed by atoms with Gasteiger partial charge < -0.3 is 15.4 Å². The molecule has 3 aromatic rings. The number of carbonyl (C=O) groups excluding carboxylic acids is 2. The molecule has 0 aliphatic rings. The monoisotopic (exact) mass is 447 g/mol. The molecular formula is C27H33N3O3. The summed E-state index contributed by atoms with van der Waals surface area (Å²) in [5, 5.41) is 7.75. The van der Waals surface area contributed by atoms with Crippen LogP contribution in [0.2, 0.25) is 0 Å². The van der Waals surface area contributed by atoms with Crippen LogP contribution in [0.1, 0.15) is 57.6 Å². The van der Waals surface area contributed by atoms with Gasteiger partial charge in [0.1, 0.15) is 5.60 Å². The SMILES string of the molecule is CCCCc1ccc(C(CNC(=O)OC(C)(C)C)C(=O)Nc2ccc3cnccc3c2)cc1. The van der Waals surface area contributed by atoms with Gasteiger partial charge in [0.2, 0.25) is 5.91 Å². The normalized spacial score (nSPS) is 12.2. The molecule has 0 aliphatic carbocycles. The van der Waals surface area contributed by atoms with Crippen molar-refractivity contribution in [1.82, 2.24) is 10.3 Å². The lowest BCUT2D eigenvalue weighted by Gasteiger charge is -2.22. The summed E-state index contributed by atoms with van der Waals surface area (Å²) in [6.45, 7) is 7.72. The minimum Gasteiger partial charge on any atom is -0.444 e. The van der Waals surface area contributed by atoms with Crippen LogP contribution in [-0.2, 0) is 16.0 Å². The Morgan fingerprint density at radius 1 is 1.03 bits per heavy atom. The summed E-state index contributed by atoms with van der Waals surface area (Å²) in [5.74, 6) is -0.758. The molecule has 1 unspecified atom stereocenters. The number of aromatic nitrogens is 1. The van der Waals surface area contributed by atoms with E-state index in [1.807, 2.05) is 36.4 Å². The van der Waals surface area contributed by atoms with E-state index in [1.165, 1.54) is 5.56 Å². The van der Waals surface area contributed by atoms with Gasteiger partial charge in [-0.25, -0.2) is 4.79 Å². The molecule has 2 amide bonds. The first-order valence-corrected chi connectivity index (χ1v) is 11.5. The van der Waals surface area contributed by atoms with Gasteiger partial charge in [-0.3, -0.25) is 9.78 Å². The van der Waals surface area contributed by atoms with Gasteiger partial charge in [0.25, 0.3) is 0 Å². The zero-order chi connectivity index (χ0) is 23.8. The molecule has 33 heavy (non-hydrogen) atoms. The van der Waals surface area contributed by atoms with E-state index in [0.717, 1.165) is 35.6 Å². The Hall–Kier alpha value is -3.41. The van der Waals surface area contributed by atoms with Crippen LogP contribution in [0.15, 0.2) is 60.9 Å². The molecule has 1 atom stereocenters. The topological polar surface area (TPSA) is 80.3 Å². The summed E-state index contributed by atoms with van der Waals surface area (Å²) in [6.07, 6.45) is 6.24. The number of fused-ring (bicyclic) bond motifs is 1. The Bertz CT molecular complexity index is 1090. The number of amides is 2. The minimum absolute atomic E-state index is 0.132. The molecule has 0 saturated heterocycles. The van der Waals surface area contributed by atoms with Gasteiger partial charge in [0, 0.05) is 30.0 Å². The van der Waals surface area contributed by atoms with Crippen LogP contribution < -0.4 is 10.6 Å². The van der Waals surface area contributed by atoms with E-state index in [9.17, 15) is 9.59 Å². The van der Waals surface area contributed by atoms with E-state index in [-0.39, 0.29) is 12.5 Å². The molecule has 3 rings (SSSR count). The highest BCUT2D eigenvalue weighted by Crippen LogP contribution is 2.22. The van der Waals surface area contributed by atoms with Gasteiger partial charge in [0.05, 0.1) is 5.92 Å². The molecule has 0 radical (unpaired) electrons. The number of anilines is 1. The van der Waals surface area contributed by atoms with Crippen molar-refractivity contribution in [2.75, 3.05) is 11.9 Å². The number of benzene rings is 2. The molecule has 0 aliphatic heterocycles. The van der Waals surface area contributed by atoms with Crippen LogP contribution in [0.5, 0.6) is 0 Å². The number of ether oxygens (including phenoxy) is 1. The van der Waals surface area contributed by atoms with Gasteiger partial charge >= 0.3 is 6.09 Å². The summed E-state index contributed by atoms with van der Waals surface area (Å²) in [6, 6.07) is 15.7. The third kappa shape index (κ3) is 7.31. The van der Waals surface area contributed by atoms with E-state index < -0.39 is 17.6 Å². The molecule has 0 fully saturated rings. The zero-order valence-electron chi connectivity index (χ0n) is 19.9. The number of hydrogen-bond donors (Lipinski definition) is 2. The highest BCUT2D eigenvalue weighted by molar-refractivity contribution is 5.98. The van der Waals surface area contributed by atoms with Crippen LogP contribution in [0.3, 0.4) is 0 Å². The average molecular weight is 448 g/mol. The Morgan fingerprint density at radius 2 is 1.79 bits per heavy atom. The highest BCUT2D eigenvalue weighted by Gasteiger charge is 2.24. The van der Waals surface area contributed by atoms with Gasteiger partial charge in [-0.2, -0.15) is 0 Å². The molecule has 1 heterocycles. The van der Waals surface area contributed by atoms with E-state index in [4.69, 9.17) is 4.74 Å². The Morgan fingerprint density at radius 3 is 2.48 bits per heavy atom. The highest BCUT2D eigenvalue weighted by atomic mass is 16.6. The van der Waals surface area contributed by atoms with Gasteiger partial charge in [-0.15, -0.1) is 0 Å². The van der Waals surface area contributed by atoms with E-state index in [0.29, 0.717) is 5.69 Å². The number of alkyl carbamates (subject to hydrolysis) is 1. The zero-order valence-corrected chi connectivity index (χ0v) is 19.9. The van der Waals surface area contributed by atoms with Crippen LogP contribution in [-0.4, -0.2) is 29.1 Å². The standard InChI is InChI=1S/C27H33N3O3/c1-5-6-7-19-8-10-20(11-9-19)24(18-29-26(32)33-27(2,3)4)25(31)30-23-13-12-22-17-28-15-14-21(22)16-23/h8-17,24H,5-7,18H2,1-4H3,(H,29,32)(H,30,31). The van der Waals surface area contributed by atoms with Gasteiger partial charge in [-0.05, 0) is 68.3 Å². The smallest absolute Gasteiger partial charge is 0.407 e. The number of aryl methyl sites for hydroxylation is 1. The predicted octanol–water partition coefficient (Wildman–Crippen LogP) is 5.82. The fourth-order valence-electron chi connectivity index (χ4n) is 3.55. The van der Waals surface area contributed by atoms with Crippen molar-refractivity contribution in [3.63, 3.8) is 0 Å².